The van der Waals surface area contributed by atoms with Crippen LogP contribution in [0.2, 0.25) is 0 Å². The number of hydrogen-bond acceptors (Lipinski definition) is 4. The van der Waals surface area contributed by atoms with Gasteiger partial charge in [0, 0.05) is 16.4 Å². The van der Waals surface area contributed by atoms with Crippen molar-refractivity contribution >= 4 is 31.5 Å². The third-order valence-electron chi connectivity index (χ3n) is 1.86. The Balaban J connectivity index is 2.84. The second-order valence-corrected chi connectivity index (χ2v) is 7.00. The van der Waals surface area contributed by atoms with Gasteiger partial charge in [0.1, 0.15) is 16.5 Å². The van der Waals surface area contributed by atoms with E-state index in [9.17, 15) is 12.8 Å². The first kappa shape index (κ1) is 14.6. The molecule has 0 aliphatic rings. The third kappa shape index (κ3) is 4.73. The zero-order valence-electron chi connectivity index (χ0n) is 9.15. The van der Waals surface area contributed by atoms with Gasteiger partial charge in [0.05, 0.1) is 6.61 Å². The highest BCUT2D eigenvalue weighted by Crippen LogP contribution is 2.27. The molecule has 0 saturated carbocycles. The average Bonchev–Trinajstić information content (AvgIpc) is 2.25. The van der Waals surface area contributed by atoms with Crippen molar-refractivity contribution in [1.82, 2.24) is 0 Å². The van der Waals surface area contributed by atoms with Gasteiger partial charge in [-0.2, -0.15) is 11.8 Å². The lowest BCUT2D eigenvalue weighted by molar-refractivity contribution is 0.334. The molecule has 0 N–H and O–H groups in total. The molecule has 17 heavy (non-hydrogen) atoms. The third-order valence-corrected chi connectivity index (χ3v) is 4.06. The number of ether oxygens (including phenoxy) is 1. The monoisotopic (exact) mass is 298 g/mol. The summed E-state index contributed by atoms with van der Waals surface area (Å²) in [6.07, 6.45) is 0. The lowest BCUT2D eigenvalue weighted by Crippen LogP contribution is -2.04. The molecule has 0 aliphatic heterocycles. The van der Waals surface area contributed by atoms with Gasteiger partial charge < -0.3 is 4.74 Å². The Labute approximate surface area is 109 Å². The van der Waals surface area contributed by atoms with Crippen molar-refractivity contribution in [3.8, 4) is 5.75 Å². The molecule has 1 aromatic rings. The molecule has 0 atom stereocenters. The van der Waals surface area contributed by atoms with Crippen molar-refractivity contribution in [2.24, 2.45) is 0 Å². The largest absolute Gasteiger partial charge is 0.491 e. The summed E-state index contributed by atoms with van der Waals surface area (Å²) in [6, 6.07) is 3.25. The molecule has 0 aliphatic carbocycles. The normalized spacial score (nSPS) is 11.5. The van der Waals surface area contributed by atoms with E-state index in [0.717, 1.165) is 23.6 Å². The lowest BCUT2D eigenvalue weighted by atomic mass is 10.3. The molecule has 3 nitrogen and oxygen atoms in total. The fraction of sp³-hybridized carbons (Fsp3) is 0.400. The molecule has 0 aromatic heterocycles. The number of benzene rings is 1. The minimum absolute atomic E-state index is 0.0816. The summed E-state index contributed by atoms with van der Waals surface area (Å²) < 4.78 is 40.6. The Morgan fingerprint density at radius 2 is 2.18 bits per heavy atom. The zero-order chi connectivity index (χ0) is 12.9. The van der Waals surface area contributed by atoms with E-state index in [1.165, 1.54) is 6.07 Å². The van der Waals surface area contributed by atoms with Crippen LogP contribution in [0.25, 0.3) is 0 Å². The lowest BCUT2D eigenvalue weighted by Gasteiger charge is -2.09. The Morgan fingerprint density at radius 1 is 1.47 bits per heavy atom. The number of hydrogen-bond donors (Lipinski definition) is 0. The SMILES string of the molecule is CCSCCOc1ccc(F)cc1S(=O)(=O)Cl. The van der Waals surface area contributed by atoms with Gasteiger partial charge in [-0.3, -0.25) is 0 Å². The van der Waals surface area contributed by atoms with Crippen LogP contribution in [0.15, 0.2) is 23.1 Å². The summed E-state index contributed by atoms with van der Waals surface area (Å²) in [5.74, 6) is 1.10. The van der Waals surface area contributed by atoms with E-state index in [2.05, 4.69) is 0 Å². The van der Waals surface area contributed by atoms with Gasteiger partial charge in [-0.15, -0.1) is 0 Å². The van der Waals surface area contributed by atoms with E-state index >= 15 is 0 Å². The molecule has 7 heteroatoms. The van der Waals surface area contributed by atoms with E-state index in [4.69, 9.17) is 15.4 Å². The Bertz CT molecular complexity index is 476. The first-order chi connectivity index (χ1) is 7.95. The molecule has 0 fully saturated rings. The van der Waals surface area contributed by atoms with Crippen LogP contribution in [-0.4, -0.2) is 26.5 Å². The molecule has 0 amide bonds. The average molecular weight is 299 g/mol. The second-order valence-electron chi connectivity index (χ2n) is 3.07. The summed E-state index contributed by atoms with van der Waals surface area (Å²) >= 11 is 1.66. The molecule has 0 spiro atoms. The van der Waals surface area contributed by atoms with Crippen LogP contribution in [0, 0.1) is 5.82 Å². The van der Waals surface area contributed by atoms with Crippen LogP contribution in [0.4, 0.5) is 4.39 Å². The highest BCUT2D eigenvalue weighted by Gasteiger charge is 2.17. The maximum absolute atomic E-state index is 12.9. The van der Waals surface area contributed by atoms with Gasteiger partial charge in [0.2, 0.25) is 0 Å². The summed E-state index contributed by atoms with van der Waals surface area (Å²) in [4.78, 5) is -0.333. The number of halogens is 2. The fourth-order valence-corrected chi connectivity index (χ4v) is 2.62. The predicted octanol–water partition coefficient (Wildman–Crippen LogP) is 2.89. The molecular formula is C10H12ClFO3S2. The summed E-state index contributed by atoms with van der Waals surface area (Å²) in [5, 5.41) is 0. The standard InChI is InChI=1S/C10H12ClFO3S2/c1-2-16-6-5-15-9-4-3-8(12)7-10(9)17(11,13)14/h3-4,7H,2,5-6H2,1H3. The van der Waals surface area contributed by atoms with Crippen molar-refractivity contribution in [3.63, 3.8) is 0 Å². The minimum Gasteiger partial charge on any atom is -0.491 e. The maximum atomic E-state index is 12.9. The molecule has 1 aromatic carbocycles. The van der Waals surface area contributed by atoms with Crippen molar-refractivity contribution < 1.29 is 17.5 Å². The molecule has 0 heterocycles. The second kappa shape index (κ2) is 6.47. The van der Waals surface area contributed by atoms with Gasteiger partial charge in [-0.25, -0.2) is 12.8 Å². The summed E-state index contributed by atoms with van der Waals surface area (Å²) in [7, 11) is 1.20. The van der Waals surface area contributed by atoms with E-state index < -0.39 is 14.9 Å². The van der Waals surface area contributed by atoms with Crippen LogP contribution in [0.1, 0.15) is 6.92 Å². The van der Waals surface area contributed by atoms with E-state index in [-0.39, 0.29) is 10.6 Å². The molecular weight excluding hydrogens is 287 g/mol. The highest BCUT2D eigenvalue weighted by atomic mass is 35.7. The smallest absolute Gasteiger partial charge is 0.265 e. The Hall–Kier alpha value is -0.460. The number of thioether (sulfide) groups is 1. The molecule has 96 valence electrons. The topological polar surface area (TPSA) is 43.4 Å². The van der Waals surface area contributed by atoms with Crippen molar-refractivity contribution in [3.05, 3.63) is 24.0 Å². The Morgan fingerprint density at radius 3 is 2.76 bits per heavy atom. The van der Waals surface area contributed by atoms with Crippen molar-refractivity contribution in [1.29, 1.82) is 0 Å². The molecule has 0 unspecified atom stereocenters. The molecule has 0 bridgehead atoms. The highest BCUT2D eigenvalue weighted by molar-refractivity contribution is 8.13. The van der Waals surface area contributed by atoms with Gasteiger partial charge >= 0.3 is 0 Å². The van der Waals surface area contributed by atoms with Crippen LogP contribution >= 0.6 is 22.4 Å². The van der Waals surface area contributed by atoms with E-state index in [1.807, 2.05) is 6.92 Å². The first-order valence-corrected chi connectivity index (χ1v) is 8.36. The van der Waals surface area contributed by atoms with Crippen molar-refractivity contribution in [2.45, 2.75) is 11.8 Å². The molecule has 0 saturated heterocycles. The van der Waals surface area contributed by atoms with Crippen molar-refractivity contribution in [2.75, 3.05) is 18.1 Å². The van der Waals surface area contributed by atoms with Crippen LogP contribution < -0.4 is 4.74 Å². The Kier molecular flexibility index (Phi) is 5.55. The van der Waals surface area contributed by atoms with Gasteiger partial charge in [-0.05, 0) is 24.0 Å². The van der Waals surface area contributed by atoms with Gasteiger partial charge in [-0.1, -0.05) is 6.92 Å². The van der Waals surface area contributed by atoms with Crippen LogP contribution in [0.5, 0.6) is 5.75 Å². The summed E-state index contributed by atoms with van der Waals surface area (Å²) in [5.41, 5.74) is 0. The number of rotatable bonds is 6. The van der Waals surface area contributed by atoms with E-state index in [1.54, 1.807) is 11.8 Å². The minimum atomic E-state index is -4.00. The molecule has 1 rings (SSSR count). The maximum Gasteiger partial charge on any atom is 0.265 e. The van der Waals surface area contributed by atoms with Crippen LogP contribution in [-0.2, 0) is 9.05 Å². The zero-order valence-corrected chi connectivity index (χ0v) is 11.5. The van der Waals surface area contributed by atoms with Crippen LogP contribution in [0.3, 0.4) is 0 Å². The predicted molar refractivity (Wildman–Crippen MR) is 67.9 cm³/mol. The van der Waals surface area contributed by atoms with Gasteiger partial charge in [0.25, 0.3) is 9.05 Å². The quantitative estimate of drug-likeness (QED) is 0.598. The van der Waals surface area contributed by atoms with E-state index in [0.29, 0.717) is 6.61 Å². The van der Waals surface area contributed by atoms with Gasteiger partial charge in [0.15, 0.2) is 0 Å². The summed E-state index contributed by atoms with van der Waals surface area (Å²) in [6.45, 7) is 2.36. The first-order valence-electron chi connectivity index (χ1n) is 4.90. The fourth-order valence-electron chi connectivity index (χ4n) is 1.15. The molecule has 0 radical (unpaired) electrons.